The maximum Gasteiger partial charge on any atom is 0.169 e. The highest BCUT2D eigenvalue weighted by Crippen LogP contribution is 2.34. The maximum absolute atomic E-state index is 5.94. The van der Waals surface area contributed by atoms with Crippen LogP contribution in [0.2, 0.25) is 0 Å². The van der Waals surface area contributed by atoms with E-state index in [1.165, 1.54) is 0 Å². The van der Waals surface area contributed by atoms with Crippen LogP contribution in [0.3, 0.4) is 0 Å². The van der Waals surface area contributed by atoms with Gasteiger partial charge in [0.15, 0.2) is 11.5 Å². The van der Waals surface area contributed by atoms with E-state index in [4.69, 9.17) is 27.4 Å². The molecule has 2 aromatic rings. The van der Waals surface area contributed by atoms with Gasteiger partial charge in [-0.25, -0.2) is 0 Å². The lowest BCUT2D eigenvalue weighted by Gasteiger charge is -2.14. The molecule has 0 saturated heterocycles. The minimum Gasteiger partial charge on any atom is -0.490 e. The second kappa shape index (κ2) is 7.43. The molecule has 0 saturated carbocycles. The van der Waals surface area contributed by atoms with E-state index in [2.05, 4.69) is 22.9 Å². The van der Waals surface area contributed by atoms with Crippen molar-refractivity contribution in [2.45, 2.75) is 13.3 Å². The zero-order valence-corrected chi connectivity index (χ0v) is 14.0. The maximum atomic E-state index is 5.94. The van der Waals surface area contributed by atoms with Crippen molar-refractivity contribution < 1.29 is 9.47 Å². The number of thiocarbonyl (C=S) groups is 1. The smallest absolute Gasteiger partial charge is 0.169 e. The summed E-state index contributed by atoms with van der Waals surface area (Å²) in [6.07, 6.45) is 0.935. The average molecular weight is 366 g/mol. The van der Waals surface area contributed by atoms with E-state index in [9.17, 15) is 0 Å². The summed E-state index contributed by atoms with van der Waals surface area (Å²) in [6, 6.07) is 13.1. The summed E-state index contributed by atoms with van der Waals surface area (Å²) < 4.78 is 12.5. The molecular weight excluding hydrogens is 350 g/mol. The SMILES string of the molecule is CCCOc1ccccc1Oc1ccc(Br)cc1C(N)=S. The molecule has 0 fully saturated rings. The largest absolute Gasteiger partial charge is 0.490 e. The molecule has 0 atom stereocenters. The van der Waals surface area contributed by atoms with E-state index in [1.807, 2.05) is 42.5 Å². The number of para-hydroxylation sites is 2. The molecular formula is C16H16BrNO2S. The van der Waals surface area contributed by atoms with Crippen molar-refractivity contribution in [1.29, 1.82) is 0 Å². The van der Waals surface area contributed by atoms with Gasteiger partial charge in [0, 0.05) is 4.47 Å². The van der Waals surface area contributed by atoms with Crippen molar-refractivity contribution in [2.24, 2.45) is 5.73 Å². The van der Waals surface area contributed by atoms with Crippen molar-refractivity contribution in [3.63, 3.8) is 0 Å². The van der Waals surface area contributed by atoms with Gasteiger partial charge in [-0.1, -0.05) is 47.2 Å². The fourth-order valence-electron chi connectivity index (χ4n) is 1.77. The number of hydrogen-bond donors (Lipinski definition) is 1. The number of nitrogens with two attached hydrogens (primary N) is 1. The van der Waals surface area contributed by atoms with Crippen molar-refractivity contribution in [2.75, 3.05) is 6.61 Å². The highest BCUT2D eigenvalue weighted by molar-refractivity contribution is 9.10. The van der Waals surface area contributed by atoms with Gasteiger partial charge in [0.25, 0.3) is 0 Å². The Balaban J connectivity index is 2.32. The minimum atomic E-state index is 0.290. The second-order valence-electron chi connectivity index (χ2n) is 4.40. The predicted molar refractivity (Wildman–Crippen MR) is 92.3 cm³/mol. The number of hydrogen-bond acceptors (Lipinski definition) is 3. The van der Waals surface area contributed by atoms with Gasteiger partial charge >= 0.3 is 0 Å². The van der Waals surface area contributed by atoms with Crippen LogP contribution in [0.25, 0.3) is 0 Å². The summed E-state index contributed by atoms with van der Waals surface area (Å²) >= 11 is 8.48. The van der Waals surface area contributed by atoms with E-state index in [0.717, 1.165) is 10.9 Å². The summed E-state index contributed by atoms with van der Waals surface area (Å²) in [5, 5.41) is 0. The Kier molecular flexibility index (Phi) is 5.59. The molecule has 2 N–H and O–H groups in total. The minimum absolute atomic E-state index is 0.290. The second-order valence-corrected chi connectivity index (χ2v) is 5.76. The van der Waals surface area contributed by atoms with Crippen LogP contribution >= 0.6 is 28.1 Å². The summed E-state index contributed by atoms with van der Waals surface area (Å²) in [5.41, 5.74) is 6.44. The first-order valence-corrected chi connectivity index (χ1v) is 7.81. The van der Waals surface area contributed by atoms with E-state index >= 15 is 0 Å². The van der Waals surface area contributed by atoms with Gasteiger partial charge in [-0.3, -0.25) is 0 Å². The highest BCUT2D eigenvalue weighted by atomic mass is 79.9. The number of halogens is 1. The van der Waals surface area contributed by atoms with Crippen molar-refractivity contribution in [3.8, 4) is 17.2 Å². The van der Waals surface area contributed by atoms with Gasteiger partial charge in [0.05, 0.1) is 12.2 Å². The summed E-state index contributed by atoms with van der Waals surface area (Å²) in [7, 11) is 0. The lowest BCUT2D eigenvalue weighted by atomic mass is 10.2. The summed E-state index contributed by atoms with van der Waals surface area (Å²) in [5.74, 6) is 1.96. The molecule has 0 aliphatic heterocycles. The van der Waals surface area contributed by atoms with Crippen LogP contribution in [0.15, 0.2) is 46.9 Å². The van der Waals surface area contributed by atoms with Crippen molar-refractivity contribution in [3.05, 3.63) is 52.5 Å². The van der Waals surface area contributed by atoms with Gasteiger partial charge in [0.2, 0.25) is 0 Å². The molecule has 0 heterocycles. The fourth-order valence-corrected chi connectivity index (χ4v) is 2.29. The van der Waals surface area contributed by atoms with Crippen LogP contribution in [0.4, 0.5) is 0 Å². The first-order valence-electron chi connectivity index (χ1n) is 6.61. The molecule has 0 spiro atoms. The average Bonchev–Trinajstić information content (AvgIpc) is 2.48. The first-order chi connectivity index (χ1) is 10.1. The van der Waals surface area contributed by atoms with E-state index in [0.29, 0.717) is 34.4 Å². The van der Waals surface area contributed by atoms with Crippen LogP contribution in [-0.4, -0.2) is 11.6 Å². The lowest BCUT2D eigenvalue weighted by molar-refractivity contribution is 0.302. The van der Waals surface area contributed by atoms with Crippen LogP contribution in [-0.2, 0) is 0 Å². The fraction of sp³-hybridized carbons (Fsp3) is 0.188. The Morgan fingerprint density at radius 3 is 2.52 bits per heavy atom. The molecule has 0 amide bonds. The van der Waals surface area contributed by atoms with Crippen molar-refractivity contribution in [1.82, 2.24) is 0 Å². The normalized spacial score (nSPS) is 10.2. The first kappa shape index (κ1) is 15.8. The van der Waals surface area contributed by atoms with Crippen LogP contribution in [0.1, 0.15) is 18.9 Å². The monoisotopic (exact) mass is 365 g/mol. The third kappa shape index (κ3) is 4.19. The molecule has 5 heteroatoms. The number of rotatable bonds is 6. The lowest BCUT2D eigenvalue weighted by Crippen LogP contribution is -2.11. The Labute approximate surface area is 138 Å². The van der Waals surface area contributed by atoms with Crippen LogP contribution in [0, 0.1) is 0 Å². The molecule has 0 unspecified atom stereocenters. The molecule has 0 aliphatic carbocycles. The van der Waals surface area contributed by atoms with Crippen LogP contribution < -0.4 is 15.2 Å². The summed E-state index contributed by atoms with van der Waals surface area (Å²) in [6.45, 7) is 2.70. The molecule has 0 bridgehead atoms. The Bertz CT molecular complexity index is 646. The van der Waals surface area contributed by atoms with Gasteiger partial charge < -0.3 is 15.2 Å². The third-order valence-corrected chi connectivity index (χ3v) is 3.45. The van der Waals surface area contributed by atoms with E-state index < -0.39 is 0 Å². The van der Waals surface area contributed by atoms with E-state index in [1.54, 1.807) is 0 Å². The molecule has 3 nitrogen and oxygen atoms in total. The Morgan fingerprint density at radius 1 is 1.14 bits per heavy atom. The zero-order chi connectivity index (χ0) is 15.2. The van der Waals surface area contributed by atoms with Gasteiger partial charge in [-0.05, 0) is 36.8 Å². The quantitative estimate of drug-likeness (QED) is 0.755. The Morgan fingerprint density at radius 2 is 1.86 bits per heavy atom. The van der Waals surface area contributed by atoms with E-state index in [-0.39, 0.29) is 0 Å². The zero-order valence-electron chi connectivity index (χ0n) is 11.6. The third-order valence-electron chi connectivity index (χ3n) is 2.74. The molecule has 0 aromatic heterocycles. The molecule has 0 radical (unpaired) electrons. The number of benzene rings is 2. The van der Waals surface area contributed by atoms with Crippen molar-refractivity contribution >= 4 is 33.1 Å². The standard InChI is InChI=1S/C16H16BrNO2S/c1-2-9-19-14-5-3-4-6-15(14)20-13-8-7-11(17)10-12(13)16(18)21/h3-8,10H,2,9H2,1H3,(H2,18,21). The molecule has 110 valence electrons. The van der Waals surface area contributed by atoms with Gasteiger partial charge in [0.1, 0.15) is 10.7 Å². The van der Waals surface area contributed by atoms with Crippen LogP contribution in [0.5, 0.6) is 17.2 Å². The molecule has 2 aromatic carbocycles. The molecule has 21 heavy (non-hydrogen) atoms. The molecule has 0 aliphatic rings. The predicted octanol–water partition coefficient (Wildman–Crippen LogP) is 4.66. The summed E-state index contributed by atoms with van der Waals surface area (Å²) in [4.78, 5) is 0.290. The van der Waals surface area contributed by atoms with Gasteiger partial charge in [-0.2, -0.15) is 0 Å². The highest BCUT2D eigenvalue weighted by Gasteiger charge is 2.11. The number of ether oxygens (including phenoxy) is 2. The Hall–Kier alpha value is -1.59. The van der Waals surface area contributed by atoms with Gasteiger partial charge in [-0.15, -0.1) is 0 Å². The topological polar surface area (TPSA) is 44.5 Å². The molecule has 2 rings (SSSR count).